The van der Waals surface area contributed by atoms with Crippen molar-refractivity contribution in [1.29, 1.82) is 0 Å². The third-order valence-corrected chi connectivity index (χ3v) is 6.44. The molecule has 0 saturated carbocycles. The number of nitrogens with zero attached hydrogens (tertiary/aromatic N) is 1. The molecule has 9 heteroatoms. The number of benzene rings is 1. The Morgan fingerprint density at radius 1 is 1.00 bits per heavy atom. The highest BCUT2D eigenvalue weighted by molar-refractivity contribution is 5.93. The second-order valence-electron chi connectivity index (χ2n) is 11.0. The number of hydrogen-bond donors (Lipinski definition) is 2. The van der Waals surface area contributed by atoms with E-state index in [9.17, 15) is 19.2 Å². The molecule has 2 N–H and O–H groups in total. The van der Waals surface area contributed by atoms with Crippen LogP contribution in [0.5, 0.6) is 0 Å². The zero-order valence-electron chi connectivity index (χ0n) is 24.1. The molecule has 0 aliphatic carbocycles. The lowest BCUT2D eigenvalue weighted by molar-refractivity contribution is -0.151. The van der Waals surface area contributed by atoms with Gasteiger partial charge in [0.1, 0.15) is 24.2 Å². The molecular formula is C28H45N3O6. The van der Waals surface area contributed by atoms with E-state index >= 15 is 0 Å². The van der Waals surface area contributed by atoms with Crippen molar-refractivity contribution in [2.45, 2.75) is 98.4 Å². The Morgan fingerprint density at radius 2 is 1.57 bits per heavy atom. The van der Waals surface area contributed by atoms with Gasteiger partial charge in [-0.15, -0.1) is 0 Å². The molecular weight excluding hydrogens is 474 g/mol. The average Bonchev–Trinajstić information content (AvgIpc) is 2.82. The molecule has 9 nitrogen and oxygen atoms in total. The zero-order valence-corrected chi connectivity index (χ0v) is 24.1. The summed E-state index contributed by atoms with van der Waals surface area (Å²) in [5, 5.41) is 5.37. The lowest BCUT2D eigenvalue weighted by Crippen LogP contribution is -2.60. The van der Waals surface area contributed by atoms with Crippen molar-refractivity contribution in [3.05, 3.63) is 35.4 Å². The van der Waals surface area contributed by atoms with Crippen molar-refractivity contribution in [1.82, 2.24) is 15.5 Å². The number of ether oxygens (including phenoxy) is 2. The Bertz CT molecular complexity index is 936. The fourth-order valence-corrected chi connectivity index (χ4v) is 3.71. The first-order valence-electron chi connectivity index (χ1n) is 12.8. The Morgan fingerprint density at radius 3 is 2.03 bits per heavy atom. The molecule has 0 heterocycles. The molecule has 3 atom stereocenters. The maximum Gasteiger partial charge on any atom is 0.408 e. The topological polar surface area (TPSA) is 114 Å². The van der Waals surface area contributed by atoms with Crippen LogP contribution in [0.3, 0.4) is 0 Å². The highest BCUT2D eigenvalue weighted by atomic mass is 16.6. The number of carbonyl (C=O) groups excluding carboxylic acids is 4. The van der Waals surface area contributed by atoms with Gasteiger partial charge >= 0.3 is 12.1 Å². The number of methoxy groups -OCH3 is 1. The number of carbonyl (C=O) groups is 4. The molecule has 3 amide bonds. The van der Waals surface area contributed by atoms with Gasteiger partial charge in [-0.25, -0.2) is 4.79 Å². The second kappa shape index (κ2) is 13.4. The predicted octanol–water partition coefficient (Wildman–Crippen LogP) is 4.28. The first-order valence-corrected chi connectivity index (χ1v) is 12.8. The van der Waals surface area contributed by atoms with Crippen molar-refractivity contribution in [3.63, 3.8) is 0 Å². The molecule has 3 unspecified atom stereocenters. The molecule has 208 valence electrons. The van der Waals surface area contributed by atoms with Crippen LogP contribution < -0.4 is 10.6 Å². The summed E-state index contributed by atoms with van der Waals surface area (Å²) in [6, 6.07) is 5.32. The van der Waals surface area contributed by atoms with Crippen molar-refractivity contribution >= 4 is 23.9 Å². The third-order valence-electron chi connectivity index (χ3n) is 6.44. The van der Waals surface area contributed by atoms with Gasteiger partial charge in [0, 0.05) is 5.54 Å². The van der Waals surface area contributed by atoms with Gasteiger partial charge < -0.3 is 25.0 Å². The van der Waals surface area contributed by atoms with Crippen molar-refractivity contribution < 1.29 is 28.7 Å². The number of rotatable bonds is 11. The summed E-state index contributed by atoms with van der Waals surface area (Å²) in [4.78, 5) is 53.9. The van der Waals surface area contributed by atoms with E-state index in [0.717, 1.165) is 5.56 Å². The van der Waals surface area contributed by atoms with Gasteiger partial charge in [-0.1, -0.05) is 57.0 Å². The fourth-order valence-electron chi connectivity index (χ4n) is 3.71. The summed E-state index contributed by atoms with van der Waals surface area (Å²) < 4.78 is 10.1. The van der Waals surface area contributed by atoms with Gasteiger partial charge in [-0.3, -0.25) is 14.4 Å². The lowest BCUT2D eigenvalue weighted by atomic mass is 9.89. The monoisotopic (exact) mass is 519 g/mol. The van der Waals surface area contributed by atoms with Crippen molar-refractivity contribution in [2.24, 2.45) is 5.92 Å². The van der Waals surface area contributed by atoms with E-state index in [1.165, 1.54) is 12.0 Å². The minimum absolute atomic E-state index is 0.244. The van der Waals surface area contributed by atoms with Crippen LogP contribution in [0.2, 0.25) is 0 Å². The second-order valence-corrected chi connectivity index (χ2v) is 11.0. The van der Waals surface area contributed by atoms with E-state index in [1.54, 1.807) is 32.9 Å². The zero-order chi connectivity index (χ0) is 28.6. The summed E-state index contributed by atoms with van der Waals surface area (Å²) in [5.41, 5.74) is 0.0572. The molecule has 0 radical (unpaired) electrons. The molecule has 37 heavy (non-hydrogen) atoms. The van der Waals surface area contributed by atoms with Crippen LogP contribution in [0, 0.1) is 12.8 Å². The Balaban J connectivity index is 3.64. The van der Waals surface area contributed by atoms with Gasteiger partial charge in [0.2, 0.25) is 11.8 Å². The SMILES string of the molecule is CCC(C)C(NC(=O)OC(C)(C)C)C(=O)N(C(C(=O)NCC(=O)OC)c1ccc(C)cc1)C(C)(C)CC. The summed E-state index contributed by atoms with van der Waals surface area (Å²) in [5.74, 6) is -1.78. The quantitative estimate of drug-likeness (QED) is 0.422. The van der Waals surface area contributed by atoms with E-state index in [1.807, 2.05) is 53.7 Å². The van der Waals surface area contributed by atoms with Crippen LogP contribution in [-0.4, -0.2) is 59.6 Å². The van der Waals surface area contributed by atoms with Crippen LogP contribution in [0.25, 0.3) is 0 Å². The lowest BCUT2D eigenvalue weighted by Gasteiger charge is -2.45. The maximum atomic E-state index is 14.3. The van der Waals surface area contributed by atoms with Gasteiger partial charge in [-0.05, 0) is 59.4 Å². The molecule has 0 spiro atoms. The number of amides is 3. The van der Waals surface area contributed by atoms with E-state index < -0.39 is 47.1 Å². The number of hydrogen-bond acceptors (Lipinski definition) is 6. The fraction of sp³-hybridized carbons (Fsp3) is 0.643. The van der Waals surface area contributed by atoms with Gasteiger partial charge in [-0.2, -0.15) is 0 Å². The van der Waals surface area contributed by atoms with Gasteiger partial charge in [0.25, 0.3) is 0 Å². The minimum Gasteiger partial charge on any atom is -0.468 e. The summed E-state index contributed by atoms with van der Waals surface area (Å²) in [7, 11) is 1.24. The standard InChI is InChI=1S/C28H45N3O6/c1-11-19(4)22(30-26(35)37-27(5,6)7)25(34)31(28(8,9)12-2)23(20-15-13-18(3)14-16-20)24(33)29-17-21(32)36-10/h13-16,19,22-23H,11-12,17H2,1-10H3,(H,29,33)(H,30,35). The van der Waals surface area contributed by atoms with E-state index in [4.69, 9.17) is 4.74 Å². The Kier molecular flexibility index (Phi) is 11.6. The Hall–Kier alpha value is -3.10. The summed E-state index contributed by atoms with van der Waals surface area (Å²) in [6.07, 6.45) is 0.434. The van der Waals surface area contributed by atoms with E-state index in [2.05, 4.69) is 15.4 Å². The van der Waals surface area contributed by atoms with Crippen LogP contribution in [0.1, 0.15) is 85.4 Å². The number of alkyl carbamates (subject to hydrolysis) is 1. The molecule has 0 fully saturated rings. The third kappa shape index (κ3) is 9.37. The first-order chi connectivity index (χ1) is 17.1. The molecule has 0 aliphatic heterocycles. The maximum absolute atomic E-state index is 14.3. The van der Waals surface area contributed by atoms with Crippen LogP contribution in [0.4, 0.5) is 4.79 Å². The molecule has 1 rings (SSSR count). The van der Waals surface area contributed by atoms with Crippen molar-refractivity contribution in [3.8, 4) is 0 Å². The highest BCUT2D eigenvalue weighted by Crippen LogP contribution is 2.33. The van der Waals surface area contributed by atoms with Crippen LogP contribution >= 0.6 is 0 Å². The molecule has 1 aromatic carbocycles. The predicted molar refractivity (Wildman–Crippen MR) is 143 cm³/mol. The summed E-state index contributed by atoms with van der Waals surface area (Å²) >= 11 is 0. The summed E-state index contributed by atoms with van der Waals surface area (Å²) in [6.45, 7) is 16.3. The smallest absolute Gasteiger partial charge is 0.408 e. The van der Waals surface area contributed by atoms with Crippen LogP contribution in [-0.2, 0) is 23.9 Å². The van der Waals surface area contributed by atoms with Gasteiger partial charge in [0.05, 0.1) is 7.11 Å². The number of aryl methyl sites for hydroxylation is 1. The molecule has 0 aliphatic rings. The number of nitrogens with one attached hydrogen (secondary N) is 2. The Labute approximate surface area is 221 Å². The molecule has 1 aromatic rings. The number of esters is 1. The molecule has 0 bridgehead atoms. The van der Waals surface area contributed by atoms with Crippen LogP contribution in [0.15, 0.2) is 24.3 Å². The molecule has 0 saturated heterocycles. The largest absolute Gasteiger partial charge is 0.468 e. The highest BCUT2D eigenvalue weighted by Gasteiger charge is 2.44. The minimum atomic E-state index is -1.06. The first kappa shape index (κ1) is 31.9. The normalized spacial score (nSPS) is 14.1. The van der Waals surface area contributed by atoms with E-state index in [-0.39, 0.29) is 12.5 Å². The van der Waals surface area contributed by atoms with Gasteiger partial charge in [0.15, 0.2) is 0 Å². The van der Waals surface area contributed by atoms with Crippen molar-refractivity contribution in [2.75, 3.05) is 13.7 Å². The van der Waals surface area contributed by atoms with E-state index in [0.29, 0.717) is 18.4 Å². The molecule has 0 aromatic heterocycles. The average molecular weight is 520 g/mol.